The van der Waals surface area contributed by atoms with E-state index in [-0.39, 0.29) is 12.3 Å². The average molecular weight is 461 g/mol. The molecule has 3 rings (SSSR count). The van der Waals surface area contributed by atoms with Crippen LogP contribution < -0.4 is 5.73 Å². The molecule has 30 heavy (non-hydrogen) atoms. The Morgan fingerprint density at radius 2 is 1.87 bits per heavy atom. The number of aliphatic carboxylic acids is 1. The molecule has 0 unspecified atom stereocenters. The summed E-state index contributed by atoms with van der Waals surface area (Å²) in [7, 11) is 0. The van der Waals surface area contributed by atoms with Gasteiger partial charge in [-0.25, -0.2) is 0 Å². The highest BCUT2D eigenvalue weighted by Gasteiger charge is 2.31. The van der Waals surface area contributed by atoms with Crippen LogP contribution in [-0.4, -0.2) is 38.7 Å². The molecule has 1 aliphatic rings. The van der Waals surface area contributed by atoms with Crippen molar-refractivity contribution in [3.05, 3.63) is 51.1 Å². The first-order valence-corrected chi connectivity index (χ1v) is 11.4. The van der Waals surface area contributed by atoms with Crippen molar-refractivity contribution in [3.8, 4) is 11.1 Å². The molecule has 0 aliphatic carbocycles. The van der Waals surface area contributed by atoms with Crippen molar-refractivity contribution in [1.29, 1.82) is 0 Å². The van der Waals surface area contributed by atoms with E-state index in [0.717, 1.165) is 28.8 Å². The summed E-state index contributed by atoms with van der Waals surface area (Å²) in [6.07, 6.45) is 4.04. The minimum absolute atomic E-state index is 0.107. The molecule has 2 heterocycles. The summed E-state index contributed by atoms with van der Waals surface area (Å²) in [6, 6.07) is 9.06. The predicted octanol–water partition coefficient (Wildman–Crippen LogP) is 4.36. The summed E-state index contributed by atoms with van der Waals surface area (Å²) in [5, 5.41) is 10.7. The van der Waals surface area contributed by atoms with Gasteiger partial charge in [-0.1, -0.05) is 42.5 Å². The smallest absolute Gasteiger partial charge is 0.303 e. The minimum atomic E-state index is -0.803. The molecule has 0 bridgehead atoms. The van der Waals surface area contributed by atoms with Gasteiger partial charge < -0.3 is 10.8 Å². The number of carboxylic acids is 1. The quantitative estimate of drug-likeness (QED) is 0.328. The maximum absolute atomic E-state index is 12.7. The number of hydrogen-bond donors (Lipinski definition) is 2. The number of thioether (sulfide) groups is 1. The van der Waals surface area contributed by atoms with Crippen LogP contribution in [0.5, 0.6) is 0 Å². The summed E-state index contributed by atoms with van der Waals surface area (Å²) < 4.78 is 0.531. The van der Waals surface area contributed by atoms with E-state index in [2.05, 4.69) is 0 Å². The number of carbonyl (C=O) groups is 3. The van der Waals surface area contributed by atoms with Crippen LogP contribution in [0.15, 0.2) is 40.6 Å². The number of nitrogens with two attached hydrogens (primary N) is 1. The summed E-state index contributed by atoms with van der Waals surface area (Å²) in [5.41, 5.74) is 7.69. The lowest BCUT2D eigenvalue weighted by Gasteiger charge is -2.13. The highest BCUT2D eigenvalue weighted by Crippen LogP contribution is 2.35. The van der Waals surface area contributed by atoms with Gasteiger partial charge in [0.15, 0.2) is 0 Å². The van der Waals surface area contributed by atoms with Crippen LogP contribution in [0, 0.1) is 0 Å². The summed E-state index contributed by atoms with van der Waals surface area (Å²) in [5.74, 6) is -1.37. The number of carboxylic acid groups (broad SMARTS) is 1. The Morgan fingerprint density at radius 1 is 1.13 bits per heavy atom. The first kappa shape index (κ1) is 22.2. The first-order valence-electron chi connectivity index (χ1n) is 9.31. The number of nitrogens with zero attached hydrogens (tertiary/aromatic N) is 1. The number of hydrogen-bond acceptors (Lipinski definition) is 6. The number of benzene rings is 1. The van der Waals surface area contributed by atoms with Gasteiger partial charge in [0, 0.05) is 23.4 Å². The van der Waals surface area contributed by atoms with Crippen molar-refractivity contribution >= 4 is 63.5 Å². The number of thiophene rings is 1. The Hall–Kier alpha value is -2.49. The summed E-state index contributed by atoms with van der Waals surface area (Å²) in [4.78, 5) is 37.6. The molecule has 0 saturated carbocycles. The molecule has 1 saturated heterocycles. The lowest BCUT2D eigenvalue weighted by Crippen LogP contribution is -2.29. The maximum Gasteiger partial charge on any atom is 0.303 e. The first-order chi connectivity index (χ1) is 14.3. The van der Waals surface area contributed by atoms with Gasteiger partial charge >= 0.3 is 5.97 Å². The SMILES string of the molecule is NC(=O)c1ccc(-c2csc(/C=C3\SC(=S)N(CCCCCC(=O)O)C3=O)c2)cc1. The van der Waals surface area contributed by atoms with E-state index in [4.69, 9.17) is 23.1 Å². The Balaban J connectivity index is 1.63. The molecule has 0 spiro atoms. The highest BCUT2D eigenvalue weighted by molar-refractivity contribution is 8.26. The second-order valence-corrected chi connectivity index (χ2v) is 9.34. The third-order valence-electron chi connectivity index (χ3n) is 4.54. The lowest BCUT2D eigenvalue weighted by molar-refractivity contribution is -0.137. The molecular formula is C21H20N2O4S3. The standard InChI is InChI=1S/C21H20N2O4S3/c22-19(26)14-7-5-13(6-8-14)15-10-16(29-12-15)11-17-20(27)23(21(28)30-17)9-3-1-2-4-18(24)25/h5-8,10-12H,1-4,9H2,(H2,22,26)(H,24,25)/b17-11-. The third kappa shape index (κ3) is 5.56. The van der Waals surface area contributed by atoms with Crippen molar-refractivity contribution in [1.82, 2.24) is 4.90 Å². The molecule has 0 atom stereocenters. The van der Waals surface area contributed by atoms with Gasteiger partial charge in [0.2, 0.25) is 5.91 Å². The Morgan fingerprint density at radius 3 is 2.53 bits per heavy atom. The number of unbranched alkanes of at least 4 members (excludes halogenated alkanes) is 2. The number of carbonyl (C=O) groups excluding carboxylic acids is 2. The molecular weight excluding hydrogens is 440 g/mol. The summed E-state index contributed by atoms with van der Waals surface area (Å²) in [6.45, 7) is 0.503. The average Bonchev–Trinajstić information content (AvgIpc) is 3.27. The van der Waals surface area contributed by atoms with Crippen molar-refractivity contribution in [2.24, 2.45) is 5.73 Å². The van der Waals surface area contributed by atoms with Crippen LogP contribution in [-0.2, 0) is 9.59 Å². The van der Waals surface area contributed by atoms with Gasteiger partial charge in [0.05, 0.1) is 4.91 Å². The van der Waals surface area contributed by atoms with Crippen LogP contribution in [0.3, 0.4) is 0 Å². The van der Waals surface area contributed by atoms with Crippen molar-refractivity contribution in [2.45, 2.75) is 25.7 Å². The van der Waals surface area contributed by atoms with Crippen LogP contribution in [0.25, 0.3) is 17.2 Å². The Bertz CT molecular complexity index is 1010. The Labute approximate surface area is 187 Å². The van der Waals surface area contributed by atoms with Gasteiger partial charge in [-0.3, -0.25) is 19.3 Å². The predicted molar refractivity (Wildman–Crippen MR) is 124 cm³/mol. The van der Waals surface area contributed by atoms with Gasteiger partial charge in [-0.15, -0.1) is 11.3 Å². The highest BCUT2D eigenvalue weighted by atomic mass is 32.2. The van der Waals surface area contributed by atoms with Crippen LogP contribution in [0.1, 0.15) is 40.9 Å². The molecule has 1 fully saturated rings. The molecule has 1 aromatic heterocycles. The molecule has 1 aliphatic heterocycles. The second-order valence-electron chi connectivity index (χ2n) is 6.72. The largest absolute Gasteiger partial charge is 0.481 e. The van der Waals surface area contributed by atoms with E-state index < -0.39 is 11.9 Å². The molecule has 1 aromatic carbocycles. The lowest BCUT2D eigenvalue weighted by atomic mass is 10.1. The molecule has 0 radical (unpaired) electrons. The van der Waals surface area contributed by atoms with Crippen LogP contribution in [0.4, 0.5) is 0 Å². The van der Waals surface area contributed by atoms with Gasteiger partial charge in [0.25, 0.3) is 5.91 Å². The minimum Gasteiger partial charge on any atom is -0.481 e. The normalized spacial score (nSPS) is 15.2. The van der Waals surface area contributed by atoms with Gasteiger partial charge in [-0.2, -0.15) is 0 Å². The number of rotatable bonds is 9. The molecule has 9 heteroatoms. The van der Waals surface area contributed by atoms with E-state index in [1.54, 1.807) is 17.0 Å². The van der Waals surface area contributed by atoms with Gasteiger partial charge in [-0.05, 0) is 53.6 Å². The van der Waals surface area contributed by atoms with Gasteiger partial charge in [0.1, 0.15) is 4.32 Å². The molecule has 3 N–H and O–H groups in total. The van der Waals surface area contributed by atoms with Crippen LogP contribution >= 0.6 is 35.3 Å². The fraction of sp³-hybridized carbons (Fsp3) is 0.238. The van der Waals surface area contributed by atoms with E-state index in [0.29, 0.717) is 27.8 Å². The molecule has 6 nitrogen and oxygen atoms in total. The van der Waals surface area contributed by atoms with E-state index in [1.807, 2.05) is 29.7 Å². The zero-order valence-corrected chi connectivity index (χ0v) is 18.4. The van der Waals surface area contributed by atoms with Crippen LogP contribution in [0.2, 0.25) is 0 Å². The summed E-state index contributed by atoms with van der Waals surface area (Å²) >= 11 is 8.15. The molecule has 2 aromatic rings. The monoisotopic (exact) mass is 460 g/mol. The zero-order valence-electron chi connectivity index (χ0n) is 16.0. The number of amides is 2. The number of thiocarbonyl (C=S) groups is 1. The maximum atomic E-state index is 12.7. The third-order valence-corrected chi connectivity index (χ3v) is 6.80. The molecule has 2 amide bonds. The van der Waals surface area contributed by atoms with Crippen molar-refractivity contribution in [2.75, 3.05) is 6.54 Å². The molecule has 156 valence electrons. The second kappa shape index (κ2) is 10.0. The van der Waals surface area contributed by atoms with E-state index in [1.165, 1.54) is 23.1 Å². The van der Waals surface area contributed by atoms with E-state index in [9.17, 15) is 14.4 Å². The topological polar surface area (TPSA) is 101 Å². The fourth-order valence-corrected chi connectivity index (χ4v) is 5.17. The zero-order chi connectivity index (χ0) is 21.7. The fourth-order valence-electron chi connectivity index (χ4n) is 2.95. The van der Waals surface area contributed by atoms with Crippen molar-refractivity contribution in [3.63, 3.8) is 0 Å². The Kier molecular flexibility index (Phi) is 7.41. The van der Waals surface area contributed by atoms with Crippen molar-refractivity contribution < 1.29 is 19.5 Å². The van der Waals surface area contributed by atoms with E-state index >= 15 is 0 Å². The number of primary amides is 1.